The van der Waals surface area contributed by atoms with Gasteiger partial charge in [-0.2, -0.15) is 34.4 Å². The van der Waals surface area contributed by atoms with Gasteiger partial charge in [-0.3, -0.25) is 0 Å². The van der Waals surface area contributed by atoms with Crippen LogP contribution in [0.3, 0.4) is 0 Å². The smallest absolute Gasteiger partial charge is 0.174 e. The van der Waals surface area contributed by atoms with E-state index in [4.69, 9.17) is 9.47 Å². The van der Waals surface area contributed by atoms with Crippen molar-refractivity contribution in [1.82, 2.24) is 0 Å². The normalized spacial score (nSPS) is 15.4. The van der Waals surface area contributed by atoms with Crippen molar-refractivity contribution in [1.29, 1.82) is 0 Å². The quantitative estimate of drug-likeness (QED) is 0.108. The first-order valence-electron chi connectivity index (χ1n) is 8.56. The van der Waals surface area contributed by atoms with Crippen LogP contribution in [-0.4, -0.2) is 37.4 Å². The fraction of sp³-hybridized carbons (Fsp3) is 1.00. The van der Waals surface area contributed by atoms with Crippen LogP contribution in [0.4, 0.5) is 0 Å². The highest BCUT2D eigenvalue weighted by Gasteiger charge is 2.40. The van der Waals surface area contributed by atoms with Gasteiger partial charge in [-0.05, 0) is 26.9 Å². The van der Waals surface area contributed by atoms with Crippen molar-refractivity contribution in [2.45, 2.75) is 63.3 Å². The molecule has 0 spiro atoms. The molecule has 16 nitrogen and oxygen atoms in total. The van der Waals surface area contributed by atoms with Crippen molar-refractivity contribution >= 4 is 34.4 Å². The second kappa shape index (κ2) is 16.7. The molecule has 2 unspecified atom stereocenters. The fourth-order valence-electron chi connectivity index (χ4n) is 2.75. The third-order valence-electron chi connectivity index (χ3n) is 3.83. The number of rotatable bonds is 19. The topological polar surface area (TPSA) is 286 Å². The summed E-state index contributed by atoms with van der Waals surface area (Å²) in [5, 5.41) is 21.8. The lowest BCUT2D eigenvalue weighted by Gasteiger charge is -2.51. The van der Waals surface area contributed by atoms with Crippen molar-refractivity contribution in [3.63, 3.8) is 0 Å². The highest BCUT2D eigenvalue weighted by atomic mass is 31.2. The van der Waals surface area contributed by atoms with Crippen molar-refractivity contribution in [2.24, 2.45) is 0 Å². The predicted octanol–water partition coefficient (Wildman–Crippen LogP) is -6.76. The van der Waals surface area contributed by atoms with Gasteiger partial charge in [-0.1, -0.05) is 6.92 Å². The van der Waals surface area contributed by atoms with Crippen molar-refractivity contribution < 1.29 is 76.9 Å². The summed E-state index contributed by atoms with van der Waals surface area (Å²) in [6, 6.07) is 0. The van der Waals surface area contributed by atoms with E-state index in [0.717, 1.165) is 0 Å². The number of ether oxygens (including phenoxy) is 2. The average molecular weight is 544 g/mol. The molecular weight excluding hydrogens is 524 g/mol. The molecule has 20 heteroatoms. The zero-order valence-electron chi connectivity index (χ0n) is 16.7. The molecule has 0 rings (SSSR count). The van der Waals surface area contributed by atoms with Gasteiger partial charge in [-0.15, -0.1) is 0 Å². The molecule has 0 heterocycles. The van der Waals surface area contributed by atoms with Gasteiger partial charge in [0.1, 0.15) is 0 Å². The van der Waals surface area contributed by atoms with E-state index in [0.29, 0.717) is 0 Å². The van der Waals surface area contributed by atoms with E-state index >= 15 is 0 Å². The molecule has 194 valence electrons. The Kier molecular flexibility index (Phi) is 17.3. The van der Waals surface area contributed by atoms with Gasteiger partial charge < -0.3 is 76.9 Å². The highest BCUT2D eigenvalue weighted by molar-refractivity contribution is 7.37. The minimum absolute atomic E-state index is 0.422. The lowest BCUT2D eigenvalue weighted by molar-refractivity contribution is -0.442. The van der Waals surface area contributed by atoms with E-state index in [1.54, 1.807) is 0 Å². The predicted molar refractivity (Wildman–Crippen MR) is 86.8 cm³/mol. The lowest BCUT2D eigenvalue weighted by atomic mass is 9.96. The molecule has 0 radical (unpaired) electrons. The Labute approximate surface area is 188 Å². The molecule has 0 N–H and O–H groups in total. The zero-order chi connectivity index (χ0) is 24.9. The van der Waals surface area contributed by atoms with Crippen LogP contribution in [0, 0.1) is 0 Å². The van der Waals surface area contributed by atoms with Crippen LogP contribution in [0.1, 0.15) is 39.5 Å². The van der Waals surface area contributed by atoms with Gasteiger partial charge in [0, 0.05) is 19.3 Å². The molecule has 0 aromatic heterocycles. The first-order valence-corrected chi connectivity index (χ1v) is 12.9. The van der Waals surface area contributed by atoms with Gasteiger partial charge in [0.15, 0.2) is 11.6 Å². The summed E-state index contributed by atoms with van der Waals surface area (Å²) < 4.78 is 27.9. The van der Waals surface area contributed by atoms with Crippen LogP contribution in [-0.2, 0) is 27.6 Å². The number of hydrogen-bond acceptors (Lipinski definition) is 16. The highest BCUT2D eigenvalue weighted by Crippen LogP contribution is 2.45. The molecule has 0 aliphatic carbocycles. The Hall–Kier alpha value is 1.08. The van der Waals surface area contributed by atoms with Crippen molar-refractivity contribution in [3.8, 4) is 0 Å². The molecule has 0 bridgehead atoms. The molecule has 0 fully saturated rings. The van der Waals surface area contributed by atoms with Gasteiger partial charge in [0.25, 0.3) is 0 Å². The van der Waals surface area contributed by atoms with E-state index in [2.05, 4.69) is 18.1 Å². The molecule has 2 atom stereocenters. The van der Waals surface area contributed by atoms with Crippen molar-refractivity contribution in [3.05, 3.63) is 0 Å². The average Bonchev–Trinajstić information content (AvgIpc) is 2.59. The lowest BCUT2D eigenvalue weighted by Crippen LogP contribution is -2.48. The molecule has 0 aliphatic heterocycles. The zero-order valence-corrected chi connectivity index (χ0v) is 20.3. The van der Waals surface area contributed by atoms with Crippen LogP contribution in [0.2, 0.25) is 0 Å². The molecule has 0 aromatic rings. The van der Waals surface area contributed by atoms with E-state index in [9.17, 15) is 49.4 Å². The Morgan fingerprint density at radius 3 is 1.34 bits per heavy atom. The SMILES string of the molecule is CCC(CC(CC(CC(C)OC[O-])(OP([O-])[O-])OP([O-])[O-])OC[O-])(OP([O-])[O-])OP([O-])[O-]. The van der Waals surface area contributed by atoms with E-state index in [-0.39, 0.29) is 0 Å². The maximum absolute atomic E-state index is 11.2. The monoisotopic (exact) mass is 544 g/mol. The molecule has 0 saturated heterocycles. The van der Waals surface area contributed by atoms with Crippen LogP contribution in [0.15, 0.2) is 0 Å². The minimum atomic E-state index is -3.78. The molecular formula is C12H20O16P4-10. The summed E-state index contributed by atoms with van der Waals surface area (Å²) >= 11 is 0. The maximum atomic E-state index is 11.2. The van der Waals surface area contributed by atoms with Gasteiger partial charge >= 0.3 is 0 Å². The summed E-state index contributed by atoms with van der Waals surface area (Å²) in [4.78, 5) is 89.2. The summed E-state index contributed by atoms with van der Waals surface area (Å²) in [6.07, 6.45) is -5.58. The fourth-order valence-corrected chi connectivity index (χ4v) is 4.81. The third-order valence-corrected chi connectivity index (χ3v) is 5.76. The Morgan fingerprint density at radius 2 is 1.00 bits per heavy atom. The Balaban J connectivity index is 6.06. The summed E-state index contributed by atoms with van der Waals surface area (Å²) in [6.45, 7) is 0.121. The summed E-state index contributed by atoms with van der Waals surface area (Å²) in [7, 11) is -14.9. The van der Waals surface area contributed by atoms with E-state index in [1.807, 2.05) is 0 Å². The largest absolute Gasteiger partial charge is 0.834 e. The molecule has 0 aromatic carbocycles. The third kappa shape index (κ3) is 13.8. The van der Waals surface area contributed by atoms with Crippen molar-refractivity contribution in [2.75, 3.05) is 13.6 Å². The molecule has 0 aliphatic rings. The Bertz CT molecular complexity index is 466. The minimum Gasteiger partial charge on any atom is -0.834 e. The summed E-state index contributed by atoms with van der Waals surface area (Å²) in [5.74, 6) is -5.01. The van der Waals surface area contributed by atoms with Crippen LogP contribution >= 0.6 is 34.4 Å². The van der Waals surface area contributed by atoms with Crippen LogP contribution < -0.4 is 49.4 Å². The first-order chi connectivity index (χ1) is 14.8. The Morgan fingerprint density at radius 1 is 0.625 bits per heavy atom. The molecule has 0 amide bonds. The number of hydrogen-bond donors (Lipinski definition) is 0. The van der Waals surface area contributed by atoms with Gasteiger partial charge in [-0.25, -0.2) is 0 Å². The maximum Gasteiger partial charge on any atom is 0.174 e. The van der Waals surface area contributed by atoms with Gasteiger partial charge in [0.2, 0.25) is 0 Å². The van der Waals surface area contributed by atoms with Crippen LogP contribution in [0.5, 0.6) is 0 Å². The second-order valence-corrected chi connectivity index (χ2v) is 8.57. The second-order valence-electron chi connectivity index (χ2n) is 6.05. The summed E-state index contributed by atoms with van der Waals surface area (Å²) in [5.41, 5.74) is 0. The molecule has 32 heavy (non-hydrogen) atoms. The van der Waals surface area contributed by atoms with E-state index < -0.39 is 97.5 Å². The standard InChI is InChI=1S/C12H20O16P4/c1-3-11(25-29(15)16,26-30(17)18)5-10(24-8-14)6-12(27-31(19)20,28-32(21)22)4-9(2)23-7-13/h9-10H,3-8H2,1-2H3/q-10. The van der Waals surface area contributed by atoms with Gasteiger partial charge in [0.05, 0.1) is 12.2 Å². The molecule has 0 saturated carbocycles. The van der Waals surface area contributed by atoms with E-state index in [1.165, 1.54) is 13.8 Å². The van der Waals surface area contributed by atoms with Crippen LogP contribution in [0.25, 0.3) is 0 Å². The first kappa shape index (κ1) is 33.1.